The van der Waals surface area contributed by atoms with E-state index in [0.717, 1.165) is 5.56 Å². The summed E-state index contributed by atoms with van der Waals surface area (Å²) in [4.78, 5) is 14.4. The zero-order chi connectivity index (χ0) is 21.3. The summed E-state index contributed by atoms with van der Waals surface area (Å²) in [7, 11) is 0. The molecule has 1 N–H and O–H groups in total. The Morgan fingerprint density at radius 2 is 2.00 bits per heavy atom. The highest BCUT2D eigenvalue weighted by Crippen LogP contribution is 2.37. The lowest BCUT2D eigenvalue weighted by molar-refractivity contribution is -0.384. The van der Waals surface area contributed by atoms with Crippen LogP contribution >= 0.6 is 11.6 Å². The lowest BCUT2D eigenvalue weighted by Crippen LogP contribution is -2.02. The number of halogens is 1. The number of anilines is 1. The van der Waals surface area contributed by atoms with Gasteiger partial charge in [0.15, 0.2) is 11.5 Å². The van der Waals surface area contributed by atoms with Crippen molar-refractivity contribution in [1.29, 1.82) is 0 Å². The second-order valence-electron chi connectivity index (χ2n) is 6.04. The van der Waals surface area contributed by atoms with Crippen LogP contribution in [-0.4, -0.2) is 22.7 Å². The first kappa shape index (κ1) is 21.1. The molecule has 8 nitrogen and oxygen atoms in total. The maximum Gasteiger partial charge on any atom is 0.313 e. The summed E-state index contributed by atoms with van der Waals surface area (Å²) in [6.07, 6.45) is 2.90. The smallest absolute Gasteiger partial charge is 0.313 e. The minimum atomic E-state index is -0.534. The van der Waals surface area contributed by atoms with Gasteiger partial charge in [0.05, 0.1) is 22.8 Å². The van der Waals surface area contributed by atoms with Crippen molar-refractivity contribution in [2.45, 2.75) is 13.5 Å². The van der Waals surface area contributed by atoms with Gasteiger partial charge in [0.2, 0.25) is 5.82 Å². The molecule has 1 heterocycles. The van der Waals surface area contributed by atoms with Gasteiger partial charge in [-0.25, -0.2) is 4.98 Å². The number of ether oxygens (including phenoxy) is 2. The maximum absolute atomic E-state index is 11.0. The number of hydrazone groups is 1. The normalized spacial score (nSPS) is 10.7. The van der Waals surface area contributed by atoms with Crippen LogP contribution in [0.2, 0.25) is 5.02 Å². The molecule has 0 aliphatic rings. The highest BCUT2D eigenvalue weighted by Gasteiger charge is 2.14. The number of rotatable bonds is 9. The van der Waals surface area contributed by atoms with Gasteiger partial charge in [-0.2, -0.15) is 5.10 Å². The molecule has 0 bridgehead atoms. The average molecular weight is 427 g/mol. The Bertz CT molecular complexity index is 1040. The molecule has 0 fully saturated rings. The van der Waals surface area contributed by atoms with Crippen LogP contribution in [0.4, 0.5) is 11.5 Å². The number of benzene rings is 2. The third-order valence-electron chi connectivity index (χ3n) is 3.92. The van der Waals surface area contributed by atoms with E-state index >= 15 is 0 Å². The third-order valence-corrected chi connectivity index (χ3v) is 4.21. The molecule has 9 heteroatoms. The fraction of sp³-hybridized carbons (Fsp3) is 0.143. The van der Waals surface area contributed by atoms with E-state index in [4.69, 9.17) is 21.1 Å². The Labute approximate surface area is 178 Å². The molecule has 30 heavy (non-hydrogen) atoms. The van der Waals surface area contributed by atoms with E-state index in [1.165, 1.54) is 24.5 Å². The molecule has 0 atom stereocenters. The molecular weight excluding hydrogens is 408 g/mol. The number of nitrogens with zero attached hydrogens (tertiary/aromatic N) is 3. The summed E-state index contributed by atoms with van der Waals surface area (Å²) < 4.78 is 11.5. The fourth-order valence-corrected chi connectivity index (χ4v) is 2.87. The van der Waals surface area contributed by atoms with Gasteiger partial charge in [-0.15, -0.1) is 0 Å². The average Bonchev–Trinajstić information content (AvgIpc) is 2.74. The Hall–Kier alpha value is -3.65. The van der Waals surface area contributed by atoms with Crippen molar-refractivity contribution in [3.05, 3.63) is 87.1 Å². The first-order chi connectivity index (χ1) is 14.6. The van der Waals surface area contributed by atoms with Gasteiger partial charge in [-0.3, -0.25) is 15.5 Å². The first-order valence-electron chi connectivity index (χ1n) is 9.10. The van der Waals surface area contributed by atoms with E-state index in [0.29, 0.717) is 35.3 Å². The van der Waals surface area contributed by atoms with Gasteiger partial charge >= 0.3 is 5.69 Å². The summed E-state index contributed by atoms with van der Waals surface area (Å²) in [6.45, 7) is 2.63. The summed E-state index contributed by atoms with van der Waals surface area (Å²) in [5.41, 5.74) is 4.03. The molecule has 0 spiro atoms. The monoisotopic (exact) mass is 426 g/mol. The summed E-state index contributed by atoms with van der Waals surface area (Å²) in [6, 6.07) is 15.9. The van der Waals surface area contributed by atoms with Gasteiger partial charge in [-0.05, 0) is 36.2 Å². The van der Waals surface area contributed by atoms with Crippen molar-refractivity contribution in [2.24, 2.45) is 5.10 Å². The number of hydrogen-bond donors (Lipinski definition) is 1. The maximum atomic E-state index is 11.0. The number of nitro groups is 1. The zero-order valence-electron chi connectivity index (χ0n) is 16.1. The number of nitrogens with one attached hydrogen (secondary N) is 1. The fourth-order valence-electron chi connectivity index (χ4n) is 2.59. The van der Waals surface area contributed by atoms with E-state index in [9.17, 15) is 10.1 Å². The van der Waals surface area contributed by atoms with Gasteiger partial charge in [0, 0.05) is 12.3 Å². The Balaban J connectivity index is 1.77. The molecule has 0 unspecified atom stereocenters. The molecule has 0 amide bonds. The Morgan fingerprint density at radius 3 is 2.73 bits per heavy atom. The van der Waals surface area contributed by atoms with Crippen LogP contribution in [0, 0.1) is 10.1 Å². The Kier molecular flexibility index (Phi) is 7.18. The van der Waals surface area contributed by atoms with Crippen LogP contribution in [0.3, 0.4) is 0 Å². The molecule has 3 rings (SSSR count). The summed E-state index contributed by atoms with van der Waals surface area (Å²) >= 11 is 6.41. The zero-order valence-corrected chi connectivity index (χ0v) is 16.9. The topological polar surface area (TPSA) is 98.9 Å². The van der Waals surface area contributed by atoms with Crippen LogP contribution in [0.25, 0.3) is 0 Å². The van der Waals surface area contributed by atoms with Crippen LogP contribution in [-0.2, 0) is 6.61 Å². The summed E-state index contributed by atoms with van der Waals surface area (Å²) in [5, 5.41) is 15.4. The lowest BCUT2D eigenvalue weighted by atomic mass is 10.2. The standard InChI is InChI=1S/C21H19ClN4O4/c1-2-29-19-12-16(13-24-25-21-18(26(27)28)9-6-10-23-21)11-17(22)20(19)30-14-15-7-4-3-5-8-15/h3-13H,2,14H2,1H3,(H,23,25)/b24-13-. The molecule has 0 radical (unpaired) electrons. The van der Waals surface area contributed by atoms with Gasteiger partial charge < -0.3 is 9.47 Å². The van der Waals surface area contributed by atoms with E-state index < -0.39 is 4.92 Å². The van der Waals surface area contributed by atoms with Crippen LogP contribution in [0.5, 0.6) is 11.5 Å². The molecule has 0 saturated heterocycles. The van der Waals surface area contributed by atoms with Crippen molar-refractivity contribution >= 4 is 29.3 Å². The molecule has 1 aromatic heterocycles. The van der Waals surface area contributed by atoms with Crippen molar-refractivity contribution in [3.8, 4) is 11.5 Å². The number of pyridine rings is 1. The van der Waals surface area contributed by atoms with Gasteiger partial charge in [0.1, 0.15) is 6.61 Å². The van der Waals surface area contributed by atoms with E-state index in [1.54, 1.807) is 12.1 Å². The first-order valence-corrected chi connectivity index (χ1v) is 9.47. The highest BCUT2D eigenvalue weighted by atomic mass is 35.5. The SMILES string of the molecule is CCOc1cc(/C=N\Nc2ncccc2[N+](=O)[O-])cc(Cl)c1OCc1ccccc1. The van der Waals surface area contributed by atoms with E-state index in [-0.39, 0.29) is 11.5 Å². The molecule has 0 saturated carbocycles. The second kappa shape index (κ2) is 10.2. The van der Waals surface area contributed by atoms with Crippen LogP contribution in [0.15, 0.2) is 65.9 Å². The lowest BCUT2D eigenvalue weighted by Gasteiger charge is -2.14. The van der Waals surface area contributed by atoms with Crippen LogP contribution in [0.1, 0.15) is 18.1 Å². The molecule has 3 aromatic rings. The second-order valence-corrected chi connectivity index (χ2v) is 6.44. The number of hydrogen-bond acceptors (Lipinski definition) is 7. The van der Waals surface area contributed by atoms with Gasteiger partial charge in [-0.1, -0.05) is 41.9 Å². The van der Waals surface area contributed by atoms with Crippen molar-refractivity contribution in [1.82, 2.24) is 4.98 Å². The highest BCUT2D eigenvalue weighted by molar-refractivity contribution is 6.32. The third kappa shape index (κ3) is 5.45. The van der Waals surface area contributed by atoms with Crippen molar-refractivity contribution in [3.63, 3.8) is 0 Å². The predicted molar refractivity (Wildman–Crippen MR) is 116 cm³/mol. The van der Waals surface area contributed by atoms with Gasteiger partial charge in [0.25, 0.3) is 0 Å². The van der Waals surface area contributed by atoms with E-state index in [2.05, 4.69) is 15.5 Å². The predicted octanol–water partition coefficient (Wildman–Crippen LogP) is 5.07. The molecule has 2 aromatic carbocycles. The number of aromatic nitrogens is 1. The Morgan fingerprint density at radius 1 is 1.20 bits per heavy atom. The van der Waals surface area contributed by atoms with Crippen molar-refractivity contribution < 1.29 is 14.4 Å². The van der Waals surface area contributed by atoms with Crippen molar-refractivity contribution in [2.75, 3.05) is 12.0 Å². The van der Waals surface area contributed by atoms with E-state index in [1.807, 2.05) is 37.3 Å². The molecule has 154 valence electrons. The minimum absolute atomic E-state index is 0.0395. The molecule has 0 aliphatic carbocycles. The summed E-state index contributed by atoms with van der Waals surface area (Å²) in [5.74, 6) is 0.955. The molecular formula is C21H19ClN4O4. The quantitative estimate of drug-likeness (QED) is 0.291. The molecule has 0 aliphatic heterocycles. The van der Waals surface area contributed by atoms with Crippen LogP contribution < -0.4 is 14.9 Å². The minimum Gasteiger partial charge on any atom is -0.490 e. The largest absolute Gasteiger partial charge is 0.490 e.